The summed E-state index contributed by atoms with van der Waals surface area (Å²) in [5.41, 5.74) is 5.69. The van der Waals surface area contributed by atoms with Gasteiger partial charge < -0.3 is 9.64 Å². The van der Waals surface area contributed by atoms with E-state index in [1.54, 1.807) is 0 Å². The fourth-order valence-electron chi connectivity index (χ4n) is 6.71. The third kappa shape index (κ3) is 3.39. The van der Waals surface area contributed by atoms with Crippen LogP contribution in [0.1, 0.15) is 0 Å². The van der Waals surface area contributed by atoms with Gasteiger partial charge in [-0.3, -0.25) is 0 Å². The number of ether oxygens (including phenoxy) is 1. The first-order valence-electron chi connectivity index (χ1n) is 14.4. The average Bonchev–Trinajstić information content (AvgIpc) is 3.06. The number of benzene rings is 8. The Kier molecular flexibility index (Phi) is 4.93. The van der Waals surface area contributed by atoms with Crippen molar-refractivity contribution in [2.45, 2.75) is 0 Å². The van der Waals surface area contributed by atoms with E-state index in [0.717, 1.165) is 28.6 Å². The van der Waals surface area contributed by atoms with Gasteiger partial charge in [0.2, 0.25) is 0 Å². The van der Waals surface area contributed by atoms with Crippen LogP contribution < -0.4 is 9.64 Å². The van der Waals surface area contributed by atoms with Gasteiger partial charge in [-0.05, 0) is 91.3 Å². The van der Waals surface area contributed by atoms with Crippen molar-refractivity contribution >= 4 is 60.2 Å². The minimum absolute atomic E-state index is 0.857. The number of hydrogen-bond donors (Lipinski definition) is 0. The normalized spacial score (nSPS) is 12.4. The van der Waals surface area contributed by atoms with Gasteiger partial charge in [-0.1, -0.05) is 109 Å². The van der Waals surface area contributed by atoms with E-state index < -0.39 is 0 Å². The molecule has 0 saturated carbocycles. The molecule has 0 bridgehead atoms. The molecule has 2 heteroatoms. The zero-order chi connectivity index (χ0) is 27.6. The lowest BCUT2D eigenvalue weighted by Crippen LogP contribution is -2.16. The molecule has 42 heavy (non-hydrogen) atoms. The van der Waals surface area contributed by atoms with Gasteiger partial charge in [0, 0.05) is 5.39 Å². The highest BCUT2D eigenvalue weighted by molar-refractivity contribution is 6.26. The van der Waals surface area contributed by atoms with E-state index in [2.05, 4.69) is 132 Å². The summed E-state index contributed by atoms with van der Waals surface area (Å²) in [5, 5.41) is 9.98. The molecular formula is C40H25NO. The maximum absolute atomic E-state index is 6.36. The Bertz CT molecular complexity index is 2310. The van der Waals surface area contributed by atoms with Gasteiger partial charge in [0.1, 0.15) is 0 Å². The molecule has 0 unspecified atom stereocenters. The molecule has 196 valence electrons. The first kappa shape index (κ1) is 23.1. The number of fused-ring (bicyclic) bond motifs is 8. The molecule has 0 atom stereocenters. The average molecular weight is 536 g/mol. The lowest BCUT2D eigenvalue weighted by molar-refractivity contribution is 0.477. The van der Waals surface area contributed by atoms with Crippen molar-refractivity contribution in [3.8, 4) is 22.6 Å². The molecule has 8 aromatic carbocycles. The second-order valence-corrected chi connectivity index (χ2v) is 10.9. The topological polar surface area (TPSA) is 12.5 Å². The van der Waals surface area contributed by atoms with E-state index in [-0.39, 0.29) is 0 Å². The lowest BCUT2D eigenvalue weighted by atomic mass is 9.89. The molecule has 0 spiro atoms. The molecule has 0 N–H and O–H groups in total. The number of rotatable bonds is 2. The van der Waals surface area contributed by atoms with Gasteiger partial charge in [0.25, 0.3) is 0 Å². The van der Waals surface area contributed by atoms with Gasteiger partial charge >= 0.3 is 0 Å². The summed E-state index contributed by atoms with van der Waals surface area (Å²) < 4.78 is 6.36. The van der Waals surface area contributed by atoms with Crippen molar-refractivity contribution in [2.75, 3.05) is 4.90 Å². The van der Waals surface area contributed by atoms with Crippen LogP contribution in [-0.2, 0) is 0 Å². The molecule has 1 heterocycles. The first-order valence-corrected chi connectivity index (χ1v) is 14.4. The molecule has 9 rings (SSSR count). The maximum Gasteiger partial charge on any atom is 0.151 e. The van der Waals surface area contributed by atoms with E-state index in [1.807, 2.05) is 24.3 Å². The Labute approximate surface area is 243 Å². The van der Waals surface area contributed by atoms with Crippen molar-refractivity contribution in [3.63, 3.8) is 0 Å². The quantitative estimate of drug-likeness (QED) is 0.204. The fraction of sp³-hybridized carbons (Fsp3) is 0. The molecule has 0 radical (unpaired) electrons. The number of hydrogen-bond acceptors (Lipinski definition) is 2. The molecule has 0 aromatic heterocycles. The summed E-state index contributed by atoms with van der Waals surface area (Å²) >= 11 is 0. The minimum Gasteiger partial charge on any atom is -0.453 e. The van der Waals surface area contributed by atoms with E-state index in [4.69, 9.17) is 4.74 Å². The second-order valence-electron chi connectivity index (χ2n) is 10.9. The maximum atomic E-state index is 6.36. The number of para-hydroxylation sites is 4. The summed E-state index contributed by atoms with van der Waals surface area (Å²) in [6.45, 7) is 0. The Morgan fingerprint density at radius 1 is 0.381 bits per heavy atom. The van der Waals surface area contributed by atoms with Crippen molar-refractivity contribution in [1.29, 1.82) is 0 Å². The van der Waals surface area contributed by atoms with Crippen LogP contribution in [-0.4, -0.2) is 0 Å². The van der Waals surface area contributed by atoms with Gasteiger partial charge in [0.15, 0.2) is 11.5 Å². The molecule has 0 aliphatic carbocycles. The van der Waals surface area contributed by atoms with Crippen LogP contribution in [0.15, 0.2) is 152 Å². The summed E-state index contributed by atoms with van der Waals surface area (Å²) in [4.78, 5) is 2.36. The summed E-state index contributed by atoms with van der Waals surface area (Å²) in [7, 11) is 0. The van der Waals surface area contributed by atoms with Crippen LogP contribution >= 0.6 is 0 Å². The molecule has 2 nitrogen and oxygen atoms in total. The van der Waals surface area contributed by atoms with E-state index in [9.17, 15) is 0 Å². The third-order valence-electron chi connectivity index (χ3n) is 8.57. The zero-order valence-corrected chi connectivity index (χ0v) is 22.8. The van der Waals surface area contributed by atoms with Gasteiger partial charge in [-0.25, -0.2) is 0 Å². The Hall–Kier alpha value is -5.60. The van der Waals surface area contributed by atoms with Crippen molar-refractivity contribution < 1.29 is 4.74 Å². The van der Waals surface area contributed by atoms with E-state index in [1.165, 1.54) is 54.2 Å². The Morgan fingerprint density at radius 2 is 0.952 bits per heavy atom. The Morgan fingerprint density at radius 3 is 1.69 bits per heavy atom. The fourth-order valence-corrected chi connectivity index (χ4v) is 6.71. The molecule has 0 saturated heterocycles. The minimum atomic E-state index is 0.857. The largest absolute Gasteiger partial charge is 0.453 e. The Balaban J connectivity index is 1.40. The van der Waals surface area contributed by atoms with Crippen LogP contribution in [0.25, 0.3) is 54.2 Å². The van der Waals surface area contributed by atoms with Crippen LogP contribution in [0.2, 0.25) is 0 Å². The molecule has 8 aromatic rings. The molecule has 1 aliphatic rings. The van der Waals surface area contributed by atoms with Crippen LogP contribution in [0.3, 0.4) is 0 Å². The lowest BCUT2D eigenvalue weighted by Gasteiger charge is -2.34. The highest BCUT2D eigenvalue weighted by Crippen LogP contribution is 2.53. The smallest absolute Gasteiger partial charge is 0.151 e. The monoisotopic (exact) mass is 535 g/mol. The summed E-state index contributed by atoms with van der Waals surface area (Å²) in [5.74, 6) is 1.71. The summed E-state index contributed by atoms with van der Waals surface area (Å²) in [6, 6.07) is 54.4. The molecule has 0 fully saturated rings. The first-order chi connectivity index (χ1) is 20.8. The molecule has 1 aliphatic heterocycles. The highest BCUT2D eigenvalue weighted by Gasteiger charge is 2.27. The van der Waals surface area contributed by atoms with Crippen LogP contribution in [0, 0.1) is 0 Å². The van der Waals surface area contributed by atoms with Gasteiger partial charge in [-0.2, -0.15) is 0 Å². The zero-order valence-electron chi connectivity index (χ0n) is 22.8. The SMILES string of the molecule is c1ccc2c(c1)Oc1ccccc1N2c1cc2cc(-c3ccc4ccccc4c3)c3ccccc3c2c2ccccc12. The number of nitrogens with zero attached hydrogens (tertiary/aromatic N) is 1. The van der Waals surface area contributed by atoms with Gasteiger partial charge in [-0.15, -0.1) is 0 Å². The molecule has 0 amide bonds. The highest BCUT2D eigenvalue weighted by atomic mass is 16.5. The van der Waals surface area contributed by atoms with Crippen molar-refractivity contribution in [3.05, 3.63) is 152 Å². The standard InChI is InChI=1S/C40H25NO/c1-2-12-27-23-28(22-21-26(27)11-1)34-24-29-25-37(31-14-4-6-16-33(31)40(29)32-15-5-3-13-30(32)34)41-35-17-7-9-19-38(35)42-39-20-10-8-18-36(39)41/h1-25H. The van der Waals surface area contributed by atoms with Crippen molar-refractivity contribution in [2.24, 2.45) is 0 Å². The van der Waals surface area contributed by atoms with E-state index in [0.29, 0.717) is 0 Å². The van der Waals surface area contributed by atoms with Crippen LogP contribution in [0.5, 0.6) is 11.5 Å². The van der Waals surface area contributed by atoms with Gasteiger partial charge in [0.05, 0.1) is 17.1 Å². The van der Waals surface area contributed by atoms with Crippen LogP contribution in [0.4, 0.5) is 17.1 Å². The predicted octanol–water partition coefficient (Wildman–Crippen LogP) is 11.5. The third-order valence-corrected chi connectivity index (χ3v) is 8.57. The predicted molar refractivity (Wildman–Crippen MR) is 177 cm³/mol. The molecular weight excluding hydrogens is 510 g/mol. The van der Waals surface area contributed by atoms with Crippen molar-refractivity contribution in [1.82, 2.24) is 0 Å². The second kappa shape index (κ2) is 8.95. The number of anilines is 3. The summed E-state index contributed by atoms with van der Waals surface area (Å²) in [6.07, 6.45) is 0. The van der Waals surface area contributed by atoms with E-state index >= 15 is 0 Å².